The number of rotatable bonds is 9. The summed E-state index contributed by atoms with van der Waals surface area (Å²) in [7, 11) is 1.69. The Bertz CT molecular complexity index is 388. The number of hydrogen-bond acceptors (Lipinski definition) is 4. The number of methoxy groups -OCH3 is 1. The number of hydrogen-bond donors (Lipinski definition) is 1. The van der Waals surface area contributed by atoms with Crippen molar-refractivity contribution in [2.45, 2.75) is 59.2 Å². The molecule has 0 saturated heterocycles. The van der Waals surface area contributed by atoms with E-state index in [9.17, 15) is 0 Å². The second-order valence-corrected chi connectivity index (χ2v) is 5.53. The van der Waals surface area contributed by atoms with Gasteiger partial charge in [-0.25, -0.2) is 0 Å². The molecule has 1 heterocycles. The van der Waals surface area contributed by atoms with Crippen LogP contribution < -0.4 is 10.1 Å². The molecule has 1 unspecified atom stereocenters. The van der Waals surface area contributed by atoms with Crippen molar-refractivity contribution in [1.29, 1.82) is 0 Å². The van der Waals surface area contributed by atoms with E-state index < -0.39 is 0 Å². The van der Waals surface area contributed by atoms with E-state index in [4.69, 9.17) is 9.47 Å². The van der Waals surface area contributed by atoms with Gasteiger partial charge in [0.25, 0.3) is 0 Å². The SMILES string of the molecule is CCCNC(COC(C)C)c1c(OC)cnn1C(C)C. The highest BCUT2D eigenvalue weighted by atomic mass is 16.5. The molecule has 0 spiro atoms. The molecule has 0 fully saturated rings. The molecular weight excluding hydrogens is 254 g/mol. The van der Waals surface area contributed by atoms with E-state index in [0.717, 1.165) is 24.4 Å². The van der Waals surface area contributed by atoms with Gasteiger partial charge in [-0.15, -0.1) is 0 Å². The van der Waals surface area contributed by atoms with Crippen LogP contribution in [-0.2, 0) is 4.74 Å². The third-order valence-corrected chi connectivity index (χ3v) is 3.07. The molecular formula is C15H29N3O2. The van der Waals surface area contributed by atoms with E-state index in [1.807, 2.05) is 18.5 Å². The largest absolute Gasteiger partial charge is 0.493 e. The van der Waals surface area contributed by atoms with Crippen molar-refractivity contribution in [3.63, 3.8) is 0 Å². The van der Waals surface area contributed by atoms with Crippen LogP contribution in [0.2, 0.25) is 0 Å². The molecule has 1 rings (SSSR count). The van der Waals surface area contributed by atoms with E-state index in [2.05, 4.69) is 31.2 Å². The number of ether oxygens (including phenoxy) is 2. The topological polar surface area (TPSA) is 48.3 Å². The van der Waals surface area contributed by atoms with Crippen molar-refractivity contribution in [3.8, 4) is 5.75 Å². The minimum absolute atomic E-state index is 0.0946. The lowest BCUT2D eigenvalue weighted by Crippen LogP contribution is -2.30. The smallest absolute Gasteiger partial charge is 0.161 e. The Morgan fingerprint density at radius 3 is 2.50 bits per heavy atom. The van der Waals surface area contributed by atoms with E-state index in [1.54, 1.807) is 13.3 Å². The van der Waals surface area contributed by atoms with Crippen LogP contribution in [0.25, 0.3) is 0 Å². The monoisotopic (exact) mass is 283 g/mol. The molecule has 5 nitrogen and oxygen atoms in total. The van der Waals surface area contributed by atoms with Crippen LogP contribution in [0.15, 0.2) is 6.20 Å². The maximum Gasteiger partial charge on any atom is 0.161 e. The van der Waals surface area contributed by atoms with Gasteiger partial charge >= 0.3 is 0 Å². The zero-order chi connectivity index (χ0) is 15.1. The summed E-state index contributed by atoms with van der Waals surface area (Å²) in [6.07, 6.45) is 3.07. The normalized spacial score (nSPS) is 13.2. The highest BCUT2D eigenvalue weighted by Gasteiger charge is 2.23. The van der Waals surface area contributed by atoms with E-state index in [0.29, 0.717) is 12.6 Å². The van der Waals surface area contributed by atoms with Gasteiger partial charge in [-0.1, -0.05) is 6.92 Å². The molecule has 0 saturated carbocycles. The third kappa shape index (κ3) is 4.49. The highest BCUT2D eigenvalue weighted by molar-refractivity contribution is 5.29. The first-order valence-electron chi connectivity index (χ1n) is 7.47. The molecule has 0 aliphatic rings. The van der Waals surface area contributed by atoms with Crippen LogP contribution in [-0.4, -0.2) is 36.1 Å². The summed E-state index contributed by atoms with van der Waals surface area (Å²) in [6.45, 7) is 12.1. The molecule has 0 radical (unpaired) electrons. The summed E-state index contributed by atoms with van der Waals surface area (Å²) in [6, 6.07) is 0.385. The van der Waals surface area contributed by atoms with Crippen LogP contribution >= 0.6 is 0 Å². The first kappa shape index (κ1) is 17.0. The summed E-state index contributed by atoms with van der Waals surface area (Å²) in [5.74, 6) is 0.819. The highest BCUT2D eigenvalue weighted by Crippen LogP contribution is 2.28. The molecule has 1 N–H and O–H groups in total. The average Bonchev–Trinajstić information content (AvgIpc) is 2.82. The second kappa shape index (κ2) is 8.27. The van der Waals surface area contributed by atoms with Gasteiger partial charge in [0.05, 0.1) is 37.8 Å². The van der Waals surface area contributed by atoms with E-state index in [1.165, 1.54) is 0 Å². The predicted octanol–water partition coefficient (Wildman–Crippen LogP) is 2.94. The standard InChI is InChI=1S/C15H29N3O2/c1-7-8-16-13(10-20-12(4)5)15-14(19-6)9-17-18(15)11(2)3/h9,11-13,16H,7-8,10H2,1-6H3. The van der Waals surface area contributed by atoms with E-state index in [-0.39, 0.29) is 12.1 Å². The fourth-order valence-electron chi connectivity index (χ4n) is 2.10. The fraction of sp³-hybridized carbons (Fsp3) is 0.800. The van der Waals surface area contributed by atoms with Crippen molar-refractivity contribution < 1.29 is 9.47 Å². The van der Waals surface area contributed by atoms with Gasteiger partial charge in [0.1, 0.15) is 0 Å². The molecule has 1 aromatic rings. The third-order valence-electron chi connectivity index (χ3n) is 3.07. The first-order valence-corrected chi connectivity index (χ1v) is 7.47. The molecule has 0 aliphatic carbocycles. The van der Waals surface area contributed by atoms with Gasteiger partial charge in [-0.05, 0) is 40.7 Å². The van der Waals surface area contributed by atoms with Gasteiger partial charge < -0.3 is 14.8 Å². The fourth-order valence-corrected chi connectivity index (χ4v) is 2.10. The van der Waals surface area contributed by atoms with Crippen LogP contribution in [0.5, 0.6) is 5.75 Å². The Kier molecular flexibility index (Phi) is 7.02. The van der Waals surface area contributed by atoms with Crippen molar-refractivity contribution in [1.82, 2.24) is 15.1 Å². The minimum atomic E-state index is 0.0946. The van der Waals surface area contributed by atoms with Crippen molar-refractivity contribution in [3.05, 3.63) is 11.9 Å². The molecule has 0 bridgehead atoms. The van der Waals surface area contributed by atoms with Gasteiger partial charge in [0.2, 0.25) is 0 Å². The van der Waals surface area contributed by atoms with Crippen LogP contribution in [0.1, 0.15) is 58.8 Å². The maximum absolute atomic E-state index is 5.80. The lowest BCUT2D eigenvalue weighted by atomic mass is 10.2. The van der Waals surface area contributed by atoms with Gasteiger partial charge in [-0.3, -0.25) is 4.68 Å². The summed E-state index contributed by atoms with van der Waals surface area (Å²) >= 11 is 0. The molecule has 5 heteroatoms. The van der Waals surface area contributed by atoms with Gasteiger partial charge in [0, 0.05) is 6.04 Å². The summed E-state index contributed by atoms with van der Waals surface area (Å²) in [5, 5.41) is 7.97. The Morgan fingerprint density at radius 2 is 2.00 bits per heavy atom. The van der Waals surface area contributed by atoms with Crippen molar-refractivity contribution in [2.75, 3.05) is 20.3 Å². The summed E-state index contributed by atoms with van der Waals surface area (Å²) in [5.41, 5.74) is 1.07. The molecule has 1 aromatic heterocycles. The number of aromatic nitrogens is 2. The molecule has 1 atom stereocenters. The molecule has 116 valence electrons. The van der Waals surface area contributed by atoms with Gasteiger partial charge in [0.15, 0.2) is 5.75 Å². The van der Waals surface area contributed by atoms with E-state index >= 15 is 0 Å². The van der Waals surface area contributed by atoms with Crippen LogP contribution in [0.4, 0.5) is 0 Å². The Morgan fingerprint density at radius 1 is 1.30 bits per heavy atom. The van der Waals surface area contributed by atoms with Crippen molar-refractivity contribution in [2.24, 2.45) is 0 Å². The summed E-state index contributed by atoms with van der Waals surface area (Å²) < 4.78 is 13.3. The number of nitrogens with zero attached hydrogens (tertiary/aromatic N) is 2. The zero-order valence-corrected chi connectivity index (χ0v) is 13.6. The van der Waals surface area contributed by atoms with Crippen LogP contribution in [0, 0.1) is 0 Å². The van der Waals surface area contributed by atoms with Crippen molar-refractivity contribution >= 4 is 0 Å². The molecule has 0 aliphatic heterocycles. The quantitative estimate of drug-likeness (QED) is 0.757. The first-order chi connectivity index (χ1) is 9.51. The van der Waals surface area contributed by atoms with Crippen LogP contribution in [0.3, 0.4) is 0 Å². The molecule has 0 aromatic carbocycles. The number of nitrogens with one attached hydrogen (secondary N) is 1. The lowest BCUT2D eigenvalue weighted by molar-refractivity contribution is 0.0586. The summed E-state index contributed by atoms with van der Waals surface area (Å²) in [4.78, 5) is 0. The lowest BCUT2D eigenvalue weighted by Gasteiger charge is -2.23. The maximum atomic E-state index is 5.80. The zero-order valence-electron chi connectivity index (χ0n) is 13.6. The van der Waals surface area contributed by atoms with Gasteiger partial charge in [-0.2, -0.15) is 5.10 Å². The Hall–Kier alpha value is -1.07. The Balaban J connectivity index is 3.00. The molecule has 0 amide bonds. The predicted molar refractivity (Wildman–Crippen MR) is 81.3 cm³/mol. The average molecular weight is 283 g/mol. The Labute approximate surface area is 122 Å². The second-order valence-electron chi connectivity index (χ2n) is 5.53. The minimum Gasteiger partial charge on any atom is -0.493 e. The molecule has 20 heavy (non-hydrogen) atoms.